The van der Waals surface area contributed by atoms with Crippen LogP contribution in [-0.4, -0.2) is 67.7 Å². The van der Waals surface area contributed by atoms with Gasteiger partial charge in [0.1, 0.15) is 6.61 Å². The van der Waals surface area contributed by atoms with E-state index in [0.717, 1.165) is 68.8 Å². The minimum Gasteiger partial charge on any atom is -0.476 e. The fourth-order valence-electron chi connectivity index (χ4n) is 5.90. The van der Waals surface area contributed by atoms with E-state index in [-0.39, 0.29) is 12.3 Å². The first kappa shape index (κ1) is 21.9. The largest absolute Gasteiger partial charge is 0.476 e. The molecule has 0 radical (unpaired) electrons. The van der Waals surface area contributed by atoms with Gasteiger partial charge in [-0.25, -0.2) is 9.29 Å². The Hall–Kier alpha value is -2.34. The van der Waals surface area contributed by atoms with Gasteiger partial charge >= 0.3 is 0 Å². The average Bonchev–Trinajstić information content (AvgIpc) is 3.57. The van der Waals surface area contributed by atoms with Crippen molar-refractivity contribution in [3.63, 3.8) is 0 Å². The van der Waals surface area contributed by atoms with Crippen molar-refractivity contribution >= 4 is 35.9 Å². The van der Waals surface area contributed by atoms with Gasteiger partial charge in [-0.05, 0) is 55.0 Å². The molecule has 3 aromatic rings. The molecule has 8 rings (SSSR count). The molecule has 1 aliphatic carbocycles. The van der Waals surface area contributed by atoms with Crippen molar-refractivity contribution in [2.24, 2.45) is 5.41 Å². The number of hydrogen-bond acceptors (Lipinski definition) is 9. The van der Waals surface area contributed by atoms with Crippen molar-refractivity contribution in [2.45, 2.75) is 30.8 Å². The number of aryl methyl sites for hydroxylation is 1. The van der Waals surface area contributed by atoms with Crippen LogP contribution >= 0.6 is 24.3 Å². The number of halogens is 1. The molecule has 8 nitrogen and oxygen atoms in total. The standard InChI is InChI=1S/C24H26FN7OS2/c25-35-32-22-27-21-18-3-1-2-16(18)4-5-19(21)17-6-8-26-20(12-17)33-11-10-30-9-7-24(13-30)14-31(15-24)34-23(28-22)29-32/h4-6,8,12H,1-3,7,9-11,13-15H2,(H,27,28,29). The molecule has 1 spiro atoms. The lowest BCUT2D eigenvalue weighted by atomic mass is 9.81. The van der Waals surface area contributed by atoms with Crippen LogP contribution in [-0.2, 0) is 12.8 Å². The molecule has 7 bridgehead atoms. The average molecular weight is 512 g/mol. The molecule has 5 aliphatic rings. The van der Waals surface area contributed by atoms with Crippen molar-refractivity contribution in [3.05, 3.63) is 41.6 Å². The molecule has 35 heavy (non-hydrogen) atoms. The van der Waals surface area contributed by atoms with Crippen molar-refractivity contribution in [1.82, 2.24) is 28.4 Å². The first-order valence-corrected chi connectivity index (χ1v) is 13.6. The highest BCUT2D eigenvalue weighted by Crippen LogP contribution is 2.45. The monoisotopic (exact) mass is 511 g/mol. The second-order valence-electron chi connectivity index (χ2n) is 9.91. The highest BCUT2D eigenvalue weighted by atomic mass is 32.2. The SMILES string of the molecule is FSn1nc2nc1Nc1c(ccc3c1CCC3)-c1ccnc(c1)OCCN1CCC3(C1)CN(C3)S2. The lowest BCUT2D eigenvalue weighted by Crippen LogP contribution is -2.54. The fraction of sp³-hybridized carbons (Fsp3) is 0.458. The Bertz CT molecular complexity index is 1280. The number of hydrogen-bond donors (Lipinski definition) is 1. The van der Waals surface area contributed by atoms with Crippen LogP contribution in [0.5, 0.6) is 5.88 Å². The first-order valence-electron chi connectivity index (χ1n) is 12.1. The van der Waals surface area contributed by atoms with Crippen LogP contribution in [0.4, 0.5) is 15.5 Å². The summed E-state index contributed by atoms with van der Waals surface area (Å²) in [5.41, 5.74) is 5.91. The summed E-state index contributed by atoms with van der Waals surface area (Å²) in [6, 6.07) is 8.33. The molecule has 0 amide bonds. The zero-order valence-electron chi connectivity index (χ0n) is 19.2. The summed E-state index contributed by atoms with van der Waals surface area (Å²) >= 11 is 1.59. The van der Waals surface area contributed by atoms with Gasteiger partial charge in [0.15, 0.2) is 12.3 Å². The van der Waals surface area contributed by atoms with Crippen molar-refractivity contribution in [1.29, 1.82) is 0 Å². The second kappa shape index (κ2) is 8.65. The molecule has 1 aromatic carbocycles. The summed E-state index contributed by atoms with van der Waals surface area (Å²) in [7, 11) is 0. The zero-order valence-corrected chi connectivity index (χ0v) is 20.9. The van der Waals surface area contributed by atoms with Crippen LogP contribution in [0, 0.1) is 5.41 Å². The van der Waals surface area contributed by atoms with E-state index in [1.165, 1.54) is 33.6 Å². The van der Waals surface area contributed by atoms with Crippen molar-refractivity contribution in [3.8, 4) is 17.0 Å². The highest BCUT2D eigenvalue weighted by Gasteiger charge is 2.48. The molecule has 4 aliphatic heterocycles. The third-order valence-electron chi connectivity index (χ3n) is 7.60. The van der Waals surface area contributed by atoms with E-state index in [0.29, 0.717) is 29.0 Å². The van der Waals surface area contributed by atoms with Gasteiger partial charge in [-0.1, -0.05) is 12.1 Å². The summed E-state index contributed by atoms with van der Waals surface area (Å²) in [6.07, 6.45) is 6.12. The lowest BCUT2D eigenvalue weighted by Gasteiger charge is -2.46. The van der Waals surface area contributed by atoms with Gasteiger partial charge in [-0.15, -0.1) is 13.1 Å². The van der Waals surface area contributed by atoms with Gasteiger partial charge in [0, 0.05) is 61.4 Å². The number of pyridine rings is 1. The van der Waals surface area contributed by atoms with E-state index in [4.69, 9.17) is 4.74 Å². The van der Waals surface area contributed by atoms with Crippen LogP contribution in [0.1, 0.15) is 24.0 Å². The summed E-state index contributed by atoms with van der Waals surface area (Å²) in [6.45, 7) is 5.68. The maximum atomic E-state index is 13.9. The van der Waals surface area contributed by atoms with Crippen molar-refractivity contribution < 1.29 is 8.62 Å². The Balaban J connectivity index is 1.30. The van der Waals surface area contributed by atoms with E-state index in [1.807, 2.05) is 12.1 Å². The third-order valence-corrected chi connectivity index (χ3v) is 8.84. The second-order valence-corrected chi connectivity index (χ2v) is 11.5. The van der Waals surface area contributed by atoms with Crippen LogP contribution in [0.25, 0.3) is 11.1 Å². The Morgan fingerprint density at radius 3 is 3.00 bits per heavy atom. The normalized spacial score (nSPS) is 27.0. The number of rotatable bonds is 1. The Kier molecular flexibility index (Phi) is 5.41. The van der Waals surface area contributed by atoms with Crippen molar-refractivity contribution in [2.75, 3.05) is 44.6 Å². The Morgan fingerprint density at radius 1 is 1.14 bits per heavy atom. The molecule has 2 fully saturated rings. The van der Waals surface area contributed by atoms with Gasteiger partial charge in [0.2, 0.25) is 17.0 Å². The van der Waals surface area contributed by atoms with Crippen LogP contribution in [0.2, 0.25) is 0 Å². The molecular formula is C24H26FN7OS2. The van der Waals surface area contributed by atoms with Gasteiger partial charge in [-0.3, -0.25) is 4.90 Å². The fourth-order valence-corrected chi connectivity index (χ4v) is 7.36. The van der Waals surface area contributed by atoms with Crippen LogP contribution in [0.3, 0.4) is 0 Å². The molecule has 182 valence electrons. The summed E-state index contributed by atoms with van der Waals surface area (Å²) < 4.78 is 23.5. The number of benzene rings is 1. The van der Waals surface area contributed by atoms with Gasteiger partial charge in [0.25, 0.3) is 0 Å². The number of fused-ring (bicyclic) bond motifs is 3. The van der Waals surface area contributed by atoms with E-state index < -0.39 is 0 Å². The van der Waals surface area contributed by atoms with Gasteiger partial charge in [0.05, 0.1) is 5.69 Å². The smallest absolute Gasteiger partial charge is 0.239 e. The van der Waals surface area contributed by atoms with E-state index in [9.17, 15) is 3.89 Å². The highest BCUT2D eigenvalue weighted by molar-refractivity contribution is 7.97. The molecule has 11 heteroatoms. The van der Waals surface area contributed by atoms with Gasteiger partial charge in [-0.2, -0.15) is 4.98 Å². The topological polar surface area (TPSA) is 71.3 Å². The number of nitrogens with zero attached hydrogens (tertiary/aromatic N) is 6. The Labute approximate surface area is 212 Å². The molecule has 1 N–H and O–H groups in total. The van der Waals surface area contributed by atoms with Crippen LogP contribution < -0.4 is 10.1 Å². The lowest BCUT2D eigenvalue weighted by molar-refractivity contribution is 0.0849. The summed E-state index contributed by atoms with van der Waals surface area (Å²) in [5, 5.41) is 8.45. The van der Waals surface area contributed by atoms with E-state index in [2.05, 4.69) is 41.7 Å². The quantitative estimate of drug-likeness (QED) is 0.480. The molecule has 6 heterocycles. The Morgan fingerprint density at radius 2 is 2.09 bits per heavy atom. The number of anilines is 2. The minimum absolute atomic E-state index is 0.0686. The first-order chi connectivity index (χ1) is 17.2. The van der Waals surface area contributed by atoms with E-state index in [1.54, 1.807) is 6.20 Å². The van der Waals surface area contributed by atoms with Gasteiger partial charge < -0.3 is 10.1 Å². The zero-order chi connectivity index (χ0) is 23.4. The third kappa shape index (κ3) is 3.98. The predicted molar refractivity (Wildman–Crippen MR) is 136 cm³/mol. The molecule has 0 saturated carbocycles. The molecular weight excluding hydrogens is 485 g/mol. The maximum Gasteiger partial charge on any atom is 0.239 e. The summed E-state index contributed by atoms with van der Waals surface area (Å²) in [4.78, 5) is 11.6. The number of nitrogens with one attached hydrogen (secondary N) is 1. The summed E-state index contributed by atoms with van der Waals surface area (Å²) in [5.74, 6) is 1.02. The minimum atomic E-state index is 0.0686. The maximum absolute atomic E-state index is 13.9. The molecule has 1 atom stereocenters. The predicted octanol–water partition coefficient (Wildman–Crippen LogP) is 4.36. The van der Waals surface area contributed by atoms with Crippen LogP contribution in [0.15, 0.2) is 35.6 Å². The molecule has 2 saturated heterocycles. The number of ether oxygens (including phenoxy) is 1. The molecule has 1 unspecified atom stereocenters. The number of aromatic nitrogens is 4. The molecule has 2 aromatic heterocycles. The van der Waals surface area contributed by atoms with E-state index >= 15 is 0 Å².